The molecule has 0 aliphatic heterocycles. The zero-order valence-electron chi connectivity index (χ0n) is 14.9. The smallest absolute Gasteiger partial charge is 0.0130 e. The van der Waals surface area contributed by atoms with Gasteiger partial charge >= 0.3 is 0 Å². The van der Waals surface area contributed by atoms with E-state index < -0.39 is 0 Å². The van der Waals surface area contributed by atoms with Crippen LogP contribution in [0.15, 0.2) is 66.8 Å². The molecule has 0 radical (unpaired) electrons. The average molecular weight is 428 g/mol. The maximum absolute atomic E-state index is 2.41. The van der Waals surface area contributed by atoms with Gasteiger partial charge in [-0.3, -0.25) is 0 Å². The van der Waals surface area contributed by atoms with Crippen LogP contribution in [0.3, 0.4) is 0 Å². The highest BCUT2D eigenvalue weighted by molar-refractivity contribution is 14.1. The number of allylic oxidation sites excluding steroid dienone is 4. The Hall–Kier alpha value is -1.35. The molecule has 2 aromatic rings. The first-order chi connectivity index (χ1) is 11.4. The van der Waals surface area contributed by atoms with Gasteiger partial charge in [0, 0.05) is 3.57 Å². The number of fused-ring (bicyclic) bond motifs is 1. The van der Waals surface area contributed by atoms with Gasteiger partial charge in [0.15, 0.2) is 0 Å². The Bertz CT molecular complexity index is 778. The number of hydrogen-bond donors (Lipinski definition) is 0. The largest absolute Gasteiger partial charge is 0.0808 e. The minimum Gasteiger partial charge on any atom is -0.0808 e. The van der Waals surface area contributed by atoms with Crippen molar-refractivity contribution in [3.05, 3.63) is 81.5 Å². The third kappa shape index (κ3) is 3.37. The summed E-state index contributed by atoms with van der Waals surface area (Å²) in [6, 6.07) is 15.8. The lowest BCUT2D eigenvalue weighted by atomic mass is 9.70. The average Bonchev–Trinajstić information content (AvgIpc) is 2.61. The van der Waals surface area contributed by atoms with E-state index in [1.54, 1.807) is 0 Å². The number of halogens is 1. The summed E-state index contributed by atoms with van der Waals surface area (Å²) in [5.74, 6) is 0.915. The molecule has 0 saturated heterocycles. The van der Waals surface area contributed by atoms with Crippen LogP contribution in [0.4, 0.5) is 0 Å². The minimum absolute atomic E-state index is 0.103. The fraction of sp³-hybridized carbons (Fsp3) is 0.304. The molecule has 1 heteroatoms. The Labute approximate surface area is 159 Å². The second-order valence-electron chi connectivity index (χ2n) is 7.38. The second-order valence-corrected chi connectivity index (χ2v) is 8.62. The van der Waals surface area contributed by atoms with Crippen molar-refractivity contribution in [2.24, 2.45) is 5.92 Å². The molecule has 124 valence electrons. The Morgan fingerprint density at radius 2 is 1.46 bits per heavy atom. The van der Waals surface area contributed by atoms with Crippen LogP contribution in [0.5, 0.6) is 0 Å². The van der Waals surface area contributed by atoms with Gasteiger partial charge in [-0.25, -0.2) is 0 Å². The number of hydrogen-bond acceptors (Lipinski definition) is 0. The van der Waals surface area contributed by atoms with Crippen LogP contribution in [0, 0.1) is 9.49 Å². The van der Waals surface area contributed by atoms with E-state index in [0.29, 0.717) is 11.8 Å². The van der Waals surface area contributed by atoms with Crippen LogP contribution < -0.4 is 0 Å². The van der Waals surface area contributed by atoms with Crippen LogP contribution in [-0.4, -0.2) is 0 Å². The summed E-state index contributed by atoms with van der Waals surface area (Å²) in [7, 11) is 0. The van der Waals surface area contributed by atoms with Crippen LogP contribution in [0.2, 0.25) is 0 Å². The molecule has 0 amide bonds. The maximum atomic E-state index is 2.41. The van der Waals surface area contributed by atoms with Crippen molar-refractivity contribution in [2.75, 3.05) is 0 Å². The molecule has 2 atom stereocenters. The first-order valence-corrected chi connectivity index (χ1v) is 9.73. The van der Waals surface area contributed by atoms with Gasteiger partial charge in [0.2, 0.25) is 0 Å². The van der Waals surface area contributed by atoms with E-state index in [2.05, 4.69) is 117 Å². The molecular weight excluding hydrogens is 403 g/mol. The highest BCUT2D eigenvalue weighted by Gasteiger charge is 2.30. The van der Waals surface area contributed by atoms with Gasteiger partial charge < -0.3 is 0 Å². The summed E-state index contributed by atoms with van der Waals surface area (Å²) < 4.78 is 1.27. The van der Waals surface area contributed by atoms with Gasteiger partial charge in [-0.1, -0.05) is 82.3 Å². The molecule has 0 nitrogen and oxygen atoms in total. The fourth-order valence-corrected chi connectivity index (χ4v) is 3.74. The lowest BCUT2D eigenvalue weighted by Crippen LogP contribution is -2.27. The third-order valence-electron chi connectivity index (χ3n) is 5.46. The predicted octanol–water partition coefficient (Wildman–Crippen LogP) is 7.10. The van der Waals surface area contributed by atoms with Gasteiger partial charge in [0.25, 0.3) is 0 Å². The molecule has 0 bridgehead atoms. The normalized spacial score (nSPS) is 25.0. The summed E-state index contributed by atoms with van der Waals surface area (Å²) in [6.45, 7) is 9.36. The molecule has 0 fully saturated rings. The van der Waals surface area contributed by atoms with Gasteiger partial charge in [0.1, 0.15) is 0 Å². The molecule has 24 heavy (non-hydrogen) atoms. The van der Waals surface area contributed by atoms with E-state index in [-0.39, 0.29) is 5.41 Å². The Balaban J connectivity index is 2.17. The van der Waals surface area contributed by atoms with Crippen molar-refractivity contribution < 1.29 is 0 Å². The maximum Gasteiger partial charge on any atom is 0.0130 e. The number of benzene rings is 2. The molecule has 0 heterocycles. The quantitative estimate of drug-likeness (QED) is 0.425. The van der Waals surface area contributed by atoms with Gasteiger partial charge in [-0.2, -0.15) is 0 Å². The van der Waals surface area contributed by atoms with E-state index in [1.165, 1.54) is 25.8 Å². The van der Waals surface area contributed by atoms with Crippen LogP contribution in [0.25, 0.3) is 11.1 Å². The van der Waals surface area contributed by atoms with Gasteiger partial charge in [-0.05, 0) is 74.2 Å². The summed E-state index contributed by atoms with van der Waals surface area (Å²) >= 11 is 2.36. The SMILES string of the molecule is CC1/C=C\C=C/[C@H](C)c2ccc(-c3ccc(I)cc3)cc2C1(C)C. The monoisotopic (exact) mass is 428 g/mol. The van der Waals surface area contributed by atoms with E-state index in [4.69, 9.17) is 0 Å². The van der Waals surface area contributed by atoms with Crippen molar-refractivity contribution in [3.8, 4) is 11.1 Å². The van der Waals surface area contributed by atoms with Crippen molar-refractivity contribution in [2.45, 2.75) is 39.0 Å². The van der Waals surface area contributed by atoms with Crippen molar-refractivity contribution in [1.29, 1.82) is 0 Å². The molecular formula is C23H25I. The summed E-state index contributed by atoms with van der Waals surface area (Å²) in [5, 5.41) is 0. The molecule has 0 N–H and O–H groups in total. The first kappa shape index (κ1) is 17.5. The van der Waals surface area contributed by atoms with Gasteiger partial charge in [-0.15, -0.1) is 0 Å². The van der Waals surface area contributed by atoms with Crippen molar-refractivity contribution in [3.63, 3.8) is 0 Å². The first-order valence-electron chi connectivity index (χ1n) is 8.65. The third-order valence-corrected chi connectivity index (χ3v) is 6.18. The van der Waals surface area contributed by atoms with Crippen LogP contribution in [0.1, 0.15) is 44.7 Å². The predicted molar refractivity (Wildman–Crippen MR) is 113 cm³/mol. The molecule has 1 aliphatic rings. The van der Waals surface area contributed by atoms with Gasteiger partial charge in [0.05, 0.1) is 0 Å². The lowest BCUT2D eigenvalue weighted by molar-refractivity contribution is 0.406. The Morgan fingerprint density at radius 1 is 0.833 bits per heavy atom. The fourth-order valence-electron chi connectivity index (χ4n) is 3.38. The Kier molecular flexibility index (Phi) is 5.00. The molecule has 0 aromatic heterocycles. The second kappa shape index (κ2) is 6.87. The highest BCUT2D eigenvalue weighted by Crippen LogP contribution is 2.40. The zero-order valence-corrected chi connectivity index (χ0v) is 17.0. The topological polar surface area (TPSA) is 0 Å². The number of rotatable bonds is 1. The van der Waals surface area contributed by atoms with Crippen LogP contribution >= 0.6 is 22.6 Å². The standard InChI is InChI=1S/C23H25I/c1-16-7-5-6-8-17(2)23(3,4)22-15-19(11-14-21(16)22)18-9-12-20(24)13-10-18/h5-17H,1-4H3/b7-5-,8-6-/t16-,17?/m0/s1. The molecule has 3 rings (SSSR count). The van der Waals surface area contributed by atoms with E-state index in [9.17, 15) is 0 Å². The van der Waals surface area contributed by atoms with Crippen molar-refractivity contribution in [1.82, 2.24) is 0 Å². The van der Waals surface area contributed by atoms with Crippen molar-refractivity contribution >= 4 is 22.6 Å². The zero-order chi connectivity index (χ0) is 17.3. The Morgan fingerprint density at radius 3 is 2.17 bits per heavy atom. The molecule has 0 saturated carbocycles. The van der Waals surface area contributed by atoms with E-state index in [0.717, 1.165) is 0 Å². The summed E-state index contributed by atoms with van der Waals surface area (Å²) in [4.78, 5) is 0. The minimum atomic E-state index is 0.103. The lowest BCUT2D eigenvalue weighted by Gasteiger charge is -2.34. The van der Waals surface area contributed by atoms with E-state index in [1.807, 2.05) is 0 Å². The van der Waals surface area contributed by atoms with E-state index >= 15 is 0 Å². The molecule has 0 spiro atoms. The summed E-state index contributed by atoms with van der Waals surface area (Å²) in [6.07, 6.45) is 9.03. The highest BCUT2D eigenvalue weighted by atomic mass is 127. The molecule has 2 aromatic carbocycles. The summed E-state index contributed by atoms with van der Waals surface area (Å²) in [5.41, 5.74) is 5.62. The molecule has 1 unspecified atom stereocenters. The molecule has 1 aliphatic carbocycles. The van der Waals surface area contributed by atoms with Crippen LogP contribution in [-0.2, 0) is 5.41 Å².